The first kappa shape index (κ1) is 14.5. The highest BCUT2D eigenvalue weighted by molar-refractivity contribution is 7.80. The summed E-state index contributed by atoms with van der Waals surface area (Å²) in [7, 11) is 1.69. The molecule has 1 aromatic heterocycles. The number of hydrogen-bond donors (Lipinski definition) is 2. The van der Waals surface area contributed by atoms with Gasteiger partial charge in [0.25, 0.3) is 0 Å². The van der Waals surface area contributed by atoms with Gasteiger partial charge in [-0.25, -0.2) is 0 Å². The highest BCUT2D eigenvalue weighted by atomic mass is 32.1. The van der Waals surface area contributed by atoms with Crippen molar-refractivity contribution in [1.29, 1.82) is 0 Å². The first-order valence-electron chi connectivity index (χ1n) is 5.56. The van der Waals surface area contributed by atoms with E-state index in [-0.39, 0.29) is 17.6 Å². The number of thiol groups is 1. The molecule has 1 unspecified atom stereocenters. The predicted octanol–water partition coefficient (Wildman–Crippen LogP) is 0.474. The minimum absolute atomic E-state index is 0.163. The van der Waals surface area contributed by atoms with Crippen molar-refractivity contribution in [1.82, 2.24) is 15.2 Å². The molecule has 1 heterocycles. The summed E-state index contributed by atoms with van der Waals surface area (Å²) in [5.41, 5.74) is 0.939. The molecule has 0 aromatic carbocycles. The van der Waals surface area contributed by atoms with Gasteiger partial charge in [0.1, 0.15) is 6.04 Å². The predicted molar refractivity (Wildman–Crippen MR) is 72.2 cm³/mol. The fourth-order valence-corrected chi connectivity index (χ4v) is 1.79. The van der Waals surface area contributed by atoms with E-state index in [0.717, 1.165) is 5.56 Å². The summed E-state index contributed by atoms with van der Waals surface area (Å²) >= 11 is 4.08. The molecule has 18 heavy (non-hydrogen) atoms. The van der Waals surface area contributed by atoms with E-state index >= 15 is 0 Å². The SMILES string of the molecule is CC(=O)NC(CS)C(=O)N(C)Cc1cccnc1. The molecule has 5 nitrogen and oxygen atoms in total. The normalized spacial score (nSPS) is 11.7. The topological polar surface area (TPSA) is 62.3 Å². The second-order valence-electron chi connectivity index (χ2n) is 3.99. The van der Waals surface area contributed by atoms with Crippen molar-refractivity contribution < 1.29 is 9.59 Å². The van der Waals surface area contributed by atoms with Crippen molar-refractivity contribution in [3.05, 3.63) is 30.1 Å². The number of nitrogens with one attached hydrogen (secondary N) is 1. The van der Waals surface area contributed by atoms with Crippen molar-refractivity contribution >= 4 is 24.4 Å². The van der Waals surface area contributed by atoms with E-state index in [0.29, 0.717) is 6.54 Å². The van der Waals surface area contributed by atoms with E-state index in [2.05, 4.69) is 22.9 Å². The van der Waals surface area contributed by atoms with Crippen molar-refractivity contribution in [2.75, 3.05) is 12.8 Å². The number of carbonyl (C=O) groups is 2. The minimum atomic E-state index is -0.590. The zero-order valence-corrected chi connectivity index (χ0v) is 11.4. The fraction of sp³-hybridized carbons (Fsp3) is 0.417. The molecule has 0 aliphatic rings. The zero-order chi connectivity index (χ0) is 13.5. The van der Waals surface area contributed by atoms with Crippen molar-refractivity contribution in [2.24, 2.45) is 0 Å². The molecule has 0 bridgehead atoms. The maximum Gasteiger partial charge on any atom is 0.246 e. The summed E-state index contributed by atoms with van der Waals surface area (Å²) < 4.78 is 0. The number of amides is 2. The number of aromatic nitrogens is 1. The van der Waals surface area contributed by atoms with Crippen LogP contribution in [0.2, 0.25) is 0 Å². The first-order chi connectivity index (χ1) is 8.54. The third-order valence-corrected chi connectivity index (χ3v) is 2.74. The Bertz CT molecular complexity index is 411. The number of likely N-dealkylation sites (N-methyl/N-ethyl adjacent to an activating group) is 1. The molecule has 1 rings (SSSR count). The van der Waals surface area contributed by atoms with Crippen LogP contribution in [0.15, 0.2) is 24.5 Å². The van der Waals surface area contributed by atoms with E-state index in [1.807, 2.05) is 12.1 Å². The van der Waals surface area contributed by atoms with Crippen LogP contribution in [0.1, 0.15) is 12.5 Å². The van der Waals surface area contributed by atoms with Gasteiger partial charge in [-0.2, -0.15) is 12.6 Å². The lowest BCUT2D eigenvalue weighted by atomic mass is 10.2. The highest BCUT2D eigenvalue weighted by Gasteiger charge is 2.21. The van der Waals surface area contributed by atoms with Crippen LogP contribution in [0.3, 0.4) is 0 Å². The molecule has 98 valence electrons. The van der Waals surface area contributed by atoms with Crippen LogP contribution in [0, 0.1) is 0 Å². The molecule has 0 fully saturated rings. The number of nitrogens with zero attached hydrogens (tertiary/aromatic N) is 2. The lowest BCUT2D eigenvalue weighted by Crippen LogP contribution is -2.47. The number of carbonyl (C=O) groups excluding carboxylic acids is 2. The standard InChI is InChI=1S/C12H17N3O2S/c1-9(16)14-11(8-18)12(17)15(2)7-10-4-3-5-13-6-10/h3-6,11,18H,7-8H2,1-2H3,(H,14,16). The molecule has 0 aliphatic carbocycles. The quantitative estimate of drug-likeness (QED) is 0.763. The smallest absolute Gasteiger partial charge is 0.246 e. The van der Waals surface area contributed by atoms with Gasteiger partial charge in [-0.1, -0.05) is 6.07 Å². The van der Waals surface area contributed by atoms with Gasteiger partial charge in [0.2, 0.25) is 11.8 Å². The Kier molecular flexibility index (Phi) is 5.64. The largest absolute Gasteiger partial charge is 0.344 e. The molecular weight excluding hydrogens is 250 g/mol. The van der Waals surface area contributed by atoms with Gasteiger partial charge in [-0.3, -0.25) is 14.6 Å². The Morgan fingerprint density at radius 2 is 2.28 bits per heavy atom. The molecule has 6 heteroatoms. The number of pyridine rings is 1. The van der Waals surface area contributed by atoms with Gasteiger partial charge >= 0.3 is 0 Å². The molecule has 0 saturated carbocycles. The van der Waals surface area contributed by atoms with Gasteiger partial charge in [-0.05, 0) is 11.6 Å². The van der Waals surface area contributed by atoms with Crippen LogP contribution in [0.5, 0.6) is 0 Å². The van der Waals surface area contributed by atoms with Crippen LogP contribution in [-0.4, -0.2) is 40.5 Å². The molecular formula is C12H17N3O2S. The molecule has 0 saturated heterocycles. The van der Waals surface area contributed by atoms with Gasteiger partial charge < -0.3 is 10.2 Å². The lowest BCUT2D eigenvalue weighted by Gasteiger charge is -2.23. The maximum atomic E-state index is 12.1. The number of rotatable bonds is 5. The van der Waals surface area contributed by atoms with Crippen molar-refractivity contribution in [3.8, 4) is 0 Å². The average Bonchev–Trinajstić information content (AvgIpc) is 2.36. The average molecular weight is 267 g/mol. The van der Waals surface area contributed by atoms with Crippen LogP contribution >= 0.6 is 12.6 Å². The molecule has 0 aliphatic heterocycles. The van der Waals surface area contributed by atoms with Gasteiger partial charge in [0, 0.05) is 38.7 Å². The van der Waals surface area contributed by atoms with E-state index in [1.54, 1.807) is 24.3 Å². The second-order valence-corrected chi connectivity index (χ2v) is 4.36. The molecule has 1 aromatic rings. The van der Waals surface area contributed by atoms with E-state index in [9.17, 15) is 9.59 Å². The lowest BCUT2D eigenvalue weighted by molar-refractivity contribution is -0.134. The van der Waals surface area contributed by atoms with Gasteiger partial charge in [0.15, 0.2) is 0 Å². The van der Waals surface area contributed by atoms with Crippen LogP contribution < -0.4 is 5.32 Å². The monoisotopic (exact) mass is 267 g/mol. The van der Waals surface area contributed by atoms with E-state index in [4.69, 9.17) is 0 Å². The van der Waals surface area contributed by atoms with E-state index in [1.165, 1.54) is 6.92 Å². The molecule has 2 amide bonds. The Hall–Kier alpha value is -1.56. The maximum absolute atomic E-state index is 12.1. The summed E-state index contributed by atoms with van der Waals surface area (Å²) in [5.74, 6) is -0.128. The van der Waals surface area contributed by atoms with E-state index < -0.39 is 6.04 Å². The van der Waals surface area contributed by atoms with Gasteiger partial charge in [-0.15, -0.1) is 0 Å². The third kappa shape index (κ3) is 4.37. The summed E-state index contributed by atoms with van der Waals surface area (Å²) in [6.07, 6.45) is 3.39. The Morgan fingerprint density at radius 3 is 2.78 bits per heavy atom. The fourth-order valence-electron chi connectivity index (χ4n) is 1.54. The third-order valence-electron chi connectivity index (χ3n) is 2.38. The first-order valence-corrected chi connectivity index (χ1v) is 6.19. The van der Waals surface area contributed by atoms with Crippen LogP contribution in [0.4, 0.5) is 0 Å². The van der Waals surface area contributed by atoms with Crippen LogP contribution in [-0.2, 0) is 16.1 Å². The Balaban J connectivity index is 2.62. The van der Waals surface area contributed by atoms with Crippen LogP contribution in [0.25, 0.3) is 0 Å². The Labute approximate surface area is 112 Å². The Morgan fingerprint density at radius 1 is 1.56 bits per heavy atom. The summed E-state index contributed by atoms with van der Waals surface area (Å²) in [4.78, 5) is 28.6. The van der Waals surface area contributed by atoms with Crippen molar-refractivity contribution in [3.63, 3.8) is 0 Å². The zero-order valence-electron chi connectivity index (χ0n) is 10.5. The molecule has 1 atom stereocenters. The number of hydrogen-bond acceptors (Lipinski definition) is 4. The van der Waals surface area contributed by atoms with Gasteiger partial charge in [0.05, 0.1) is 0 Å². The summed E-state index contributed by atoms with van der Waals surface area (Å²) in [6, 6.07) is 3.12. The molecule has 1 N–H and O–H groups in total. The molecule has 0 spiro atoms. The summed E-state index contributed by atoms with van der Waals surface area (Å²) in [6.45, 7) is 1.83. The van der Waals surface area contributed by atoms with Crippen molar-refractivity contribution in [2.45, 2.75) is 19.5 Å². The molecule has 0 radical (unpaired) electrons. The summed E-state index contributed by atoms with van der Waals surface area (Å²) in [5, 5.41) is 2.57. The highest BCUT2D eigenvalue weighted by Crippen LogP contribution is 2.03. The minimum Gasteiger partial charge on any atom is -0.344 e. The second kappa shape index (κ2) is 7.00.